The molecule has 0 aromatic heterocycles. The molecule has 1 aliphatic rings. The molecule has 0 radical (unpaired) electrons. The second-order valence-corrected chi connectivity index (χ2v) is 6.18. The number of carboxylic acids is 1. The van der Waals surface area contributed by atoms with E-state index in [0.717, 1.165) is 17.7 Å². The first-order chi connectivity index (χ1) is 11.5. The van der Waals surface area contributed by atoms with Crippen LogP contribution in [-0.4, -0.2) is 35.7 Å². The molecule has 0 saturated carbocycles. The van der Waals surface area contributed by atoms with Crippen molar-refractivity contribution in [1.82, 2.24) is 4.90 Å². The normalized spacial score (nSPS) is 18.5. The number of aromatic carboxylic acids is 1. The van der Waals surface area contributed by atoms with Crippen molar-refractivity contribution in [1.29, 1.82) is 0 Å². The van der Waals surface area contributed by atoms with Gasteiger partial charge in [-0.3, -0.25) is 4.90 Å². The lowest BCUT2D eigenvalue weighted by molar-refractivity contribution is -0.0329. The number of halogens is 2. The molecule has 1 saturated heterocycles. The third-order valence-corrected chi connectivity index (χ3v) is 4.36. The second-order valence-electron chi connectivity index (χ2n) is 5.77. The van der Waals surface area contributed by atoms with Gasteiger partial charge in [-0.15, -0.1) is 0 Å². The molecule has 0 bridgehead atoms. The number of carbonyl (C=O) groups is 1. The molecule has 1 heterocycles. The fourth-order valence-corrected chi connectivity index (χ4v) is 2.96. The SMILES string of the molecule is O=C(O)c1ccc(CN2CCO[C@@H](c3ccc(F)c(Cl)c3)C2)cc1. The number of nitrogens with zero attached hydrogens (tertiary/aromatic N) is 1. The van der Waals surface area contributed by atoms with Crippen LogP contribution < -0.4 is 0 Å². The van der Waals surface area contributed by atoms with E-state index in [0.29, 0.717) is 19.7 Å². The van der Waals surface area contributed by atoms with Crippen LogP contribution in [0.15, 0.2) is 42.5 Å². The minimum atomic E-state index is -0.929. The number of benzene rings is 2. The van der Waals surface area contributed by atoms with E-state index in [1.54, 1.807) is 24.3 Å². The van der Waals surface area contributed by atoms with Crippen LogP contribution in [0.1, 0.15) is 27.6 Å². The third kappa shape index (κ3) is 3.93. The van der Waals surface area contributed by atoms with Crippen molar-refractivity contribution in [2.75, 3.05) is 19.7 Å². The molecule has 24 heavy (non-hydrogen) atoms. The van der Waals surface area contributed by atoms with Gasteiger partial charge in [-0.2, -0.15) is 0 Å². The lowest BCUT2D eigenvalue weighted by Gasteiger charge is -2.33. The van der Waals surface area contributed by atoms with Gasteiger partial charge in [-0.05, 0) is 35.4 Å². The summed E-state index contributed by atoms with van der Waals surface area (Å²) in [6.45, 7) is 2.73. The highest BCUT2D eigenvalue weighted by Gasteiger charge is 2.22. The monoisotopic (exact) mass is 349 g/mol. The van der Waals surface area contributed by atoms with Gasteiger partial charge in [-0.25, -0.2) is 9.18 Å². The topological polar surface area (TPSA) is 49.8 Å². The molecule has 126 valence electrons. The van der Waals surface area contributed by atoms with Crippen molar-refractivity contribution >= 4 is 17.6 Å². The fraction of sp³-hybridized carbons (Fsp3) is 0.278. The van der Waals surface area contributed by atoms with Gasteiger partial charge >= 0.3 is 5.97 Å². The number of morpholine rings is 1. The second kappa shape index (κ2) is 7.30. The Bertz CT molecular complexity index is 736. The van der Waals surface area contributed by atoms with Gasteiger partial charge in [-0.1, -0.05) is 29.8 Å². The molecule has 0 amide bonds. The maximum atomic E-state index is 13.3. The molecule has 1 atom stereocenters. The van der Waals surface area contributed by atoms with Crippen molar-refractivity contribution in [3.05, 3.63) is 70.0 Å². The third-order valence-electron chi connectivity index (χ3n) is 4.07. The van der Waals surface area contributed by atoms with Crippen molar-refractivity contribution in [3.63, 3.8) is 0 Å². The number of carboxylic acid groups (broad SMARTS) is 1. The number of hydrogen-bond donors (Lipinski definition) is 1. The molecule has 0 unspecified atom stereocenters. The van der Waals surface area contributed by atoms with Gasteiger partial charge in [0, 0.05) is 19.6 Å². The van der Waals surface area contributed by atoms with Crippen LogP contribution in [0.25, 0.3) is 0 Å². The summed E-state index contributed by atoms with van der Waals surface area (Å²) >= 11 is 5.85. The highest BCUT2D eigenvalue weighted by Crippen LogP contribution is 2.26. The predicted octanol–water partition coefficient (Wildman–Crippen LogP) is 3.75. The number of hydrogen-bond acceptors (Lipinski definition) is 3. The molecule has 3 rings (SSSR count). The van der Waals surface area contributed by atoms with E-state index in [-0.39, 0.29) is 16.7 Å². The highest BCUT2D eigenvalue weighted by molar-refractivity contribution is 6.30. The molecule has 1 fully saturated rings. The van der Waals surface area contributed by atoms with Gasteiger partial charge < -0.3 is 9.84 Å². The Kier molecular flexibility index (Phi) is 5.14. The fourth-order valence-electron chi connectivity index (χ4n) is 2.77. The zero-order valence-electron chi connectivity index (χ0n) is 12.9. The maximum Gasteiger partial charge on any atom is 0.335 e. The quantitative estimate of drug-likeness (QED) is 0.913. The van der Waals surface area contributed by atoms with Gasteiger partial charge in [0.25, 0.3) is 0 Å². The lowest BCUT2D eigenvalue weighted by Crippen LogP contribution is -2.37. The van der Waals surface area contributed by atoms with Crippen LogP contribution in [-0.2, 0) is 11.3 Å². The first kappa shape index (κ1) is 16.9. The Morgan fingerprint density at radius 1 is 1.29 bits per heavy atom. The molecule has 1 N–H and O–H groups in total. The summed E-state index contributed by atoms with van der Waals surface area (Å²) in [6, 6.07) is 11.5. The molecule has 0 aliphatic carbocycles. The Morgan fingerprint density at radius 2 is 2.04 bits per heavy atom. The van der Waals surface area contributed by atoms with E-state index in [1.165, 1.54) is 6.07 Å². The molecular formula is C18H17ClFNO3. The molecule has 1 aliphatic heterocycles. The van der Waals surface area contributed by atoms with Crippen LogP contribution in [0, 0.1) is 5.82 Å². The van der Waals surface area contributed by atoms with E-state index in [4.69, 9.17) is 21.4 Å². The first-order valence-corrected chi connectivity index (χ1v) is 8.02. The molecule has 6 heteroatoms. The number of ether oxygens (including phenoxy) is 1. The lowest BCUT2D eigenvalue weighted by atomic mass is 10.1. The average molecular weight is 350 g/mol. The van der Waals surface area contributed by atoms with E-state index >= 15 is 0 Å². The Hall–Kier alpha value is -1.95. The summed E-state index contributed by atoms with van der Waals surface area (Å²) in [5.41, 5.74) is 2.17. The Labute approximate surface area is 144 Å². The Morgan fingerprint density at radius 3 is 2.71 bits per heavy atom. The Balaban J connectivity index is 1.66. The summed E-state index contributed by atoms with van der Waals surface area (Å²) < 4.78 is 19.1. The molecule has 4 nitrogen and oxygen atoms in total. The minimum absolute atomic E-state index is 0.0949. The first-order valence-electron chi connectivity index (χ1n) is 7.64. The van der Waals surface area contributed by atoms with Gasteiger partial charge in [0.1, 0.15) is 5.82 Å². The van der Waals surface area contributed by atoms with Crippen LogP contribution in [0.4, 0.5) is 4.39 Å². The van der Waals surface area contributed by atoms with E-state index in [1.807, 2.05) is 12.1 Å². The molecule has 2 aromatic rings. The van der Waals surface area contributed by atoms with Crippen molar-refractivity contribution in [3.8, 4) is 0 Å². The summed E-state index contributed by atoms with van der Waals surface area (Å²) in [6.07, 6.45) is -0.157. The molecule has 0 spiro atoms. The van der Waals surface area contributed by atoms with Crippen molar-refractivity contribution in [2.45, 2.75) is 12.6 Å². The average Bonchev–Trinajstić information content (AvgIpc) is 2.58. The van der Waals surface area contributed by atoms with E-state index < -0.39 is 11.8 Å². The molecule has 2 aromatic carbocycles. The summed E-state index contributed by atoms with van der Waals surface area (Å²) in [4.78, 5) is 13.1. The molecular weight excluding hydrogens is 333 g/mol. The van der Waals surface area contributed by atoms with Crippen LogP contribution >= 0.6 is 11.6 Å². The number of rotatable bonds is 4. The largest absolute Gasteiger partial charge is 0.478 e. The zero-order chi connectivity index (χ0) is 17.1. The van der Waals surface area contributed by atoms with Crippen LogP contribution in [0.2, 0.25) is 5.02 Å². The van der Waals surface area contributed by atoms with E-state index in [9.17, 15) is 9.18 Å². The van der Waals surface area contributed by atoms with Crippen molar-refractivity contribution in [2.24, 2.45) is 0 Å². The maximum absolute atomic E-state index is 13.3. The highest BCUT2D eigenvalue weighted by atomic mass is 35.5. The van der Waals surface area contributed by atoms with Crippen LogP contribution in [0.5, 0.6) is 0 Å². The predicted molar refractivity (Wildman–Crippen MR) is 88.8 cm³/mol. The van der Waals surface area contributed by atoms with Crippen molar-refractivity contribution < 1.29 is 19.0 Å². The minimum Gasteiger partial charge on any atom is -0.478 e. The standard InChI is InChI=1S/C18H17ClFNO3/c19-15-9-14(5-6-16(15)20)17-11-21(7-8-24-17)10-12-1-3-13(4-2-12)18(22)23/h1-6,9,17H,7-8,10-11H2,(H,22,23)/t17-/m1/s1. The summed E-state index contributed by atoms with van der Waals surface area (Å²) in [5, 5.41) is 9.03. The van der Waals surface area contributed by atoms with Crippen LogP contribution in [0.3, 0.4) is 0 Å². The summed E-state index contributed by atoms with van der Waals surface area (Å²) in [5.74, 6) is -1.37. The van der Waals surface area contributed by atoms with Gasteiger partial charge in [0.2, 0.25) is 0 Å². The van der Waals surface area contributed by atoms with Gasteiger partial charge in [0.05, 0.1) is 23.3 Å². The smallest absolute Gasteiger partial charge is 0.335 e. The van der Waals surface area contributed by atoms with Gasteiger partial charge in [0.15, 0.2) is 0 Å². The van der Waals surface area contributed by atoms with E-state index in [2.05, 4.69) is 4.90 Å². The zero-order valence-corrected chi connectivity index (χ0v) is 13.7. The summed E-state index contributed by atoms with van der Waals surface area (Å²) in [7, 11) is 0.